The maximum atomic E-state index is 13.7. The minimum atomic E-state index is -0.168. The number of fused-ring (bicyclic) bond motifs is 1. The molecule has 0 bridgehead atoms. The summed E-state index contributed by atoms with van der Waals surface area (Å²) in [7, 11) is 0. The number of aromatic nitrogens is 2. The van der Waals surface area contributed by atoms with Crippen LogP contribution in [0.4, 0.5) is 23.1 Å². The van der Waals surface area contributed by atoms with Crippen molar-refractivity contribution >= 4 is 58.0 Å². The van der Waals surface area contributed by atoms with Crippen LogP contribution >= 0.6 is 23.2 Å². The smallest absolute Gasteiger partial charge is 0.278 e. The Bertz CT molecular complexity index is 1620. The van der Waals surface area contributed by atoms with Crippen molar-refractivity contribution in [2.24, 2.45) is 4.99 Å². The molecule has 0 spiro atoms. The Morgan fingerprint density at radius 3 is 2.29 bits per heavy atom. The van der Waals surface area contributed by atoms with Crippen molar-refractivity contribution in [3.63, 3.8) is 0 Å². The average molecular weight is 587 g/mol. The molecule has 10 heteroatoms. The Balaban J connectivity index is 1.19. The van der Waals surface area contributed by atoms with Crippen LogP contribution in [-0.4, -0.2) is 59.3 Å². The van der Waals surface area contributed by atoms with E-state index in [2.05, 4.69) is 24.8 Å². The molecule has 0 radical (unpaired) electrons. The summed E-state index contributed by atoms with van der Waals surface area (Å²) in [5.74, 6) is 0.328. The van der Waals surface area contributed by atoms with Crippen molar-refractivity contribution < 1.29 is 4.79 Å². The van der Waals surface area contributed by atoms with Crippen LogP contribution in [0.25, 0.3) is 0 Å². The molecular formula is C31H29Cl2N7O. The van der Waals surface area contributed by atoms with E-state index in [4.69, 9.17) is 28.9 Å². The lowest BCUT2D eigenvalue weighted by atomic mass is 10.1. The molecule has 0 aliphatic carbocycles. The average Bonchev–Trinajstić information content (AvgIpc) is 3.21. The number of hydrogen-bond acceptors (Lipinski definition) is 7. The van der Waals surface area contributed by atoms with Gasteiger partial charge in [0.05, 0.1) is 12.4 Å². The van der Waals surface area contributed by atoms with Gasteiger partial charge in [0.1, 0.15) is 11.5 Å². The molecule has 1 saturated heterocycles. The standard InChI is InChI=1S/C31H29Cl2N7O/c1-20-2-11-27-26(16-20)28(36-31-35-18-22(29(34)37-31)17-21-3-5-23(32)6-4-21)30(41)40(27)19-38-12-14-39(15-13-38)25-9-7-24(33)8-10-25/h2-11,16,18H,12-15,17,19H2,1H3,(H2,34,35,37)/b36-28-. The number of rotatable bonds is 6. The monoisotopic (exact) mass is 585 g/mol. The van der Waals surface area contributed by atoms with E-state index in [1.54, 1.807) is 11.1 Å². The van der Waals surface area contributed by atoms with Crippen LogP contribution in [0.5, 0.6) is 0 Å². The first-order valence-electron chi connectivity index (χ1n) is 13.4. The third kappa shape index (κ3) is 5.91. The summed E-state index contributed by atoms with van der Waals surface area (Å²) in [6.45, 7) is 5.86. The fraction of sp³-hybridized carbons (Fsp3) is 0.226. The predicted molar refractivity (Wildman–Crippen MR) is 166 cm³/mol. The molecule has 1 fully saturated rings. The summed E-state index contributed by atoms with van der Waals surface area (Å²) in [5.41, 5.74) is 12.2. The zero-order chi connectivity index (χ0) is 28.5. The van der Waals surface area contributed by atoms with E-state index in [-0.39, 0.29) is 11.9 Å². The van der Waals surface area contributed by atoms with Gasteiger partial charge in [-0.1, -0.05) is 47.0 Å². The van der Waals surface area contributed by atoms with Gasteiger partial charge < -0.3 is 10.6 Å². The van der Waals surface area contributed by atoms with Crippen LogP contribution in [0.3, 0.4) is 0 Å². The van der Waals surface area contributed by atoms with Crippen molar-refractivity contribution in [2.75, 3.05) is 48.4 Å². The molecule has 0 atom stereocenters. The first kappa shape index (κ1) is 27.2. The number of anilines is 3. The number of nitrogen functional groups attached to an aromatic ring is 1. The Hall–Kier alpha value is -3.98. The molecule has 0 unspecified atom stereocenters. The number of halogens is 2. The Labute approximate surface area is 249 Å². The molecular weight excluding hydrogens is 557 g/mol. The number of aliphatic imine (C=N–C) groups is 1. The molecule has 3 aromatic carbocycles. The highest BCUT2D eigenvalue weighted by Gasteiger charge is 2.36. The van der Waals surface area contributed by atoms with E-state index in [0.29, 0.717) is 29.6 Å². The first-order valence-corrected chi connectivity index (χ1v) is 14.2. The Morgan fingerprint density at radius 1 is 0.927 bits per heavy atom. The normalized spacial score (nSPS) is 16.5. The second-order valence-corrected chi connectivity index (χ2v) is 11.2. The van der Waals surface area contributed by atoms with Gasteiger partial charge in [-0.15, -0.1) is 0 Å². The quantitative estimate of drug-likeness (QED) is 0.321. The summed E-state index contributed by atoms with van der Waals surface area (Å²) in [4.78, 5) is 33.6. The maximum Gasteiger partial charge on any atom is 0.278 e. The topological polar surface area (TPSA) is 90.9 Å². The van der Waals surface area contributed by atoms with Crippen LogP contribution in [0.1, 0.15) is 22.3 Å². The molecule has 2 aliphatic rings. The number of aryl methyl sites for hydroxylation is 1. The minimum Gasteiger partial charge on any atom is -0.383 e. The molecule has 4 aromatic rings. The lowest BCUT2D eigenvalue weighted by molar-refractivity contribution is -0.112. The summed E-state index contributed by atoms with van der Waals surface area (Å²) in [6, 6.07) is 21.5. The molecule has 8 nitrogen and oxygen atoms in total. The second kappa shape index (κ2) is 11.5. The van der Waals surface area contributed by atoms with Crippen molar-refractivity contribution in [3.8, 4) is 0 Å². The van der Waals surface area contributed by atoms with Crippen molar-refractivity contribution in [3.05, 3.63) is 105 Å². The summed E-state index contributed by atoms with van der Waals surface area (Å²) in [6.07, 6.45) is 2.24. The Kier molecular flexibility index (Phi) is 7.62. The zero-order valence-corrected chi connectivity index (χ0v) is 24.1. The highest BCUT2D eigenvalue weighted by atomic mass is 35.5. The molecule has 208 valence electrons. The van der Waals surface area contributed by atoms with Gasteiger partial charge in [-0.2, -0.15) is 4.98 Å². The van der Waals surface area contributed by atoms with Gasteiger partial charge in [-0.05, 0) is 61.0 Å². The largest absolute Gasteiger partial charge is 0.383 e. The number of hydrogen-bond donors (Lipinski definition) is 1. The van der Waals surface area contributed by atoms with Crippen molar-refractivity contribution in [1.29, 1.82) is 0 Å². The summed E-state index contributed by atoms with van der Waals surface area (Å²) >= 11 is 12.1. The molecule has 2 aliphatic heterocycles. The lowest BCUT2D eigenvalue weighted by Crippen LogP contribution is -2.51. The van der Waals surface area contributed by atoms with Gasteiger partial charge in [0, 0.05) is 65.7 Å². The third-order valence-electron chi connectivity index (χ3n) is 7.46. The number of carbonyl (C=O) groups excluding carboxylic acids is 1. The number of nitrogens with two attached hydrogens (primary N) is 1. The van der Waals surface area contributed by atoms with E-state index >= 15 is 0 Å². The minimum absolute atomic E-state index is 0.164. The number of nitrogens with zero attached hydrogens (tertiary/aromatic N) is 6. The maximum absolute atomic E-state index is 13.7. The van der Waals surface area contributed by atoms with E-state index in [1.165, 1.54) is 0 Å². The van der Waals surface area contributed by atoms with Crippen LogP contribution < -0.4 is 15.5 Å². The van der Waals surface area contributed by atoms with Gasteiger partial charge in [0.2, 0.25) is 0 Å². The van der Waals surface area contributed by atoms with E-state index < -0.39 is 0 Å². The lowest BCUT2D eigenvalue weighted by Gasteiger charge is -2.37. The number of benzene rings is 3. The van der Waals surface area contributed by atoms with Crippen LogP contribution in [0, 0.1) is 6.92 Å². The van der Waals surface area contributed by atoms with Crippen molar-refractivity contribution in [1.82, 2.24) is 14.9 Å². The van der Waals surface area contributed by atoms with Crippen LogP contribution in [-0.2, 0) is 11.2 Å². The third-order valence-corrected chi connectivity index (χ3v) is 7.96. The molecule has 3 heterocycles. The van der Waals surface area contributed by atoms with Crippen LogP contribution in [0.2, 0.25) is 10.0 Å². The van der Waals surface area contributed by atoms with Crippen molar-refractivity contribution in [2.45, 2.75) is 13.3 Å². The van der Waals surface area contributed by atoms with Gasteiger partial charge >= 0.3 is 0 Å². The van der Waals surface area contributed by atoms with E-state index in [0.717, 1.165) is 64.8 Å². The van der Waals surface area contributed by atoms with Gasteiger partial charge in [-0.25, -0.2) is 9.98 Å². The molecule has 41 heavy (non-hydrogen) atoms. The first-order chi connectivity index (χ1) is 19.8. The Morgan fingerprint density at radius 2 is 1.61 bits per heavy atom. The molecule has 1 aromatic heterocycles. The highest BCUT2D eigenvalue weighted by Crippen LogP contribution is 2.32. The van der Waals surface area contributed by atoms with E-state index in [1.807, 2.05) is 73.7 Å². The summed E-state index contributed by atoms with van der Waals surface area (Å²) < 4.78 is 0. The van der Waals surface area contributed by atoms with Gasteiger partial charge in [-0.3, -0.25) is 14.6 Å². The summed E-state index contributed by atoms with van der Waals surface area (Å²) in [5, 5.41) is 1.41. The number of piperazine rings is 1. The van der Waals surface area contributed by atoms with Crippen LogP contribution in [0.15, 0.2) is 77.9 Å². The second-order valence-electron chi connectivity index (χ2n) is 10.3. The molecule has 0 saturated carbocycles. The molecule has 6 rings (SSSR count). The van der Waals surface area contributed by atoms with Gasteiger partial charge in [0.15, 0.2) is 0 Å². The zero-order valence-electron chi connectivity index (χ0n) is 22.6. The number of amides is 1. The van der Waals surface area contributed by atoms with E-state index in [9.17, 15) is 4.79 Å². The predicted octanol–water partition coefficient (Wildman–Crippen LogP) is 5.51. The fourth-order valence-corrected chi connectivity index (χ4v) is 5.45. The van der Waals surface area contributed by atoms with Gasteiger partial charge in [0.25, 0.3) is 11.9 Å². The number of carbonyl (C=O) groups is 1. The fourth-order valence-electron chi connectivity index (χ4n) is 5.20. The molecule has 1 amide bonds. The molecule has 2 N–H and O–H groups in total. The highest BCUT2D eigenvalue weighted by molar-refractivity contribution is 6.54. The SMILES string of the molecule is Cc1ccc2c(c1)/C(=N/c1ncc(Cc3ccc(Cl)cc3)c(N)n1)C(=O)N2CN1CCN(c2ccc(Cl)cc2)CC1.